The van der Waals surface area contributed by atoms with E-state index in [-0.39, 0.29) is 28.7 Å². The van der Waals surface area contributed by atoms with Crippen LogP contribution in [0.1, 0.15) is 67.0 Å². The lowest BCUT2D eigenvalue weighted by atomic mass is 9.94. The Morgan fingerprint density at radius 1 is 1.19 bits per heavy atom. The molecule has 0 bridgehead atoms. The maximum absolute atomic E-state index is 12.9. The normalized spacial score (nSPS) is 17.0. The molecule has 0 spiro atoms. The molecule has 2 aromatic heterocycles. The first-order chi connectivity index (χ1) is 14.9. The van der Waals surface area contributed by atoms with Crippen LogP contribution in [0.2, 0.25) is 0 Å². The van der Waals surface area contributed by atoms with Crippen molar-refractivity contribution in [3.63, 3.8) is 0 Å². The Morgan fingerprint density at radius 3 is 2.55 bits per heavy atom. The number of esters is 1. The molecule has 0 unspecified atom stereocenters. The summed E-state index contributed by atoms with van der Waals surface area (Å²) in [4.78, 5) is 48.7. The second-order valence-corrected chi connectivity index (χ2v) is 9.33. The van der Waals surface area contributed by atoms with Gasteiger partial charge in [0, 0.05) is 24.8 Å². The number of ether oxygens (including phenoxy) is 1. The van der Waals surface area contributed by atoms with Crippen LogP contribution in [0.5, 0.6) is 0 Å². The maximum Gasteiger partial charge on any atom is 0.338 e. The lowest BCUT2D eigenvalue weighted by Crippen LogP contribution is -2.39. The Hall–Kier alpha value is -2.42. The van der Waals surface area contributed by atoms with E-state index in [0.717, 1.165) is 38.5 Å². The summed E-state index contributed by atoms with van der Waals surface area (Å²) in [6.45, 7) is 1.78. The molecule has 2 saturated carbocycles. The number of hydrogen-bond donors (Lipinski definition) is 0. The monoisotopic (exact) mass is 444 g/mol. The lowest BCUT2D eigenvalue weighted by Gasteiger charge is -2.31. The summed E-state index contributed by atoms with van der Waals surface area (Å²) in [5.74, 6) is -0.324. The summed E-state index contributed by atoms with van der Waals surface area (Å²) in [6.07, 6.45) is 7.56. The summed E-state index contributed by atoms with van der Waals surface area (Å²) in [6, 6.07) is 2.03. The van der Waals surface area contributed by atoms with Crippen molar-refractivity contribution in [3.05, 3.63) is 27.7 Å². The van der Waals surface area contributed by atoms with Gasteiger partial charge in [0.1, 0.15) is 5.65 Å². The standard InChI is InChI=1S/C22H28N4O4S/c1-13-11-16(21(29)30-3)18-19(23-13)26(15-9-10-15)22(24-20(18)28)31-12-17(27)25(2)14-7-5-4-6-8-14/h11,14-15H,4-10,12H2,1-3H3. The van der Waals surface area contributed by atoms with Gasteiger partial charge in [0.15, 0.2) is 5.16 Å². The van der Waals surface area contributed by atoms with Gasteiger partial charge in [-0.05, 0) is 38.7 Å². The minimum absolute atomic E-state index is 0.0426. The molecular formula is C22H28N4O4S. The van der Waals surface area contributed by atoms with Crippen LogP contribution >= 0.6 is 11.8 Å². The summed E-state index contributed by atoms with van der Waals surface area (Å²) in [5, 5.41) is 0.665. The molecule has 0 atom stereocenters. The van der Waals surface area contributed by atoms with Crippen molar-refractivity contribution < 1.29 is 14.3 Å². The zero-order chi connectivity index (χ0) is 22.1. The highest BCUT2D eigenvalue weighted by Gasteiger charge is 2.31. The van der Waals surface area contributed by atoms with Crippen LogP contribution < -0.4 is 5.56 Å². The fraction of sp³-hybridized carbons (Fsp3) is 0.591. The Kier molecular flexibility index (Phi) is 6.31. The molecule has 8 nitrogen and oxygen atoms in total. The number of amides is 1. The number of nitrogens with zero attached hydrogens (tertiary/aromatic N) is 4. The molecule has 2 aliphatic rings. The van der Waals surface area contributed by atoms with E-state index in [0.29, 0.717) is 22.5 Å². The van der Waals surface area contributed by atoms with Gasteiger partial charge < -0.3 is 14.2 Å². The summed E-state index contributed by atoms with van der Waals surface area (Å²) in [5.41, 5.74) is 0.729. The van der Waals surface area contributed by atoms with Crippen molar-refractivity contribution in [2.45, 2.75) is 69.1 Å². The van der Waals surface area contributed by atoms with Crippen LogP contribution in [0.3, 0.4) is 0 Å². The largest absolute Gasteiger partial charge is 0.465 e. The molecule has 0 radical (unpaired) electrons. The van der Waals surface area contributed by atoms with E-state index in [2.05, 4.69) is 9.97 Å². The van der Waals surface area contributed by atoms with E-state index in [1.54, 1.807) is 13.0 Å². The minimum Gasteiger partial charge on any atom is -0.465 e. The molecule has 2 aromatic rings. The quantitative estimate of drug-likeness (QED) is 0.384. The molecule has 2 fully saturated rings. The van der Waals surface area contributed by atoms with Gasteiger partial charge >= 0.3 is 5.97 Å². The van der Waals surface area contributed by atoms with Crippen LogP contribution in [0.15, 0.2) is 16.0 Å². The Morgan fingerprint density at radius 2 is 1.90 bits per heavy atom. The average molecular weight is 445 g/mol. The molecule has 31 heavy (non-hydrogen) atoms. The Balaban J connectivity index is 1.67. The highest BCUT2D eigenvalue weighted by Crippen LogP contribution is 2.39. The van der Waals surface area contributed by atoms with Crippen molar-refractivity contribution >= 4 is 34.7 Å². The predicted molar refractivity (Wildman–Crippen MR) is 119 cm³/mol. The van der Waals surface area contributed by atoms with Crippen LogP contribution in [0.4, 0.5) is 0 Å². The van der Waals surface area contributed by atoms with Crippen molar-refractivity contribution in [1.29, 1.82) is 0 Å². The number of carbonyl (C=O) groups is 2. The van der Waals surface area contributed by atoms with E-state index in [1.807, 2.05) is 16.5 Å². The average Bonchev–Trinajstić information content (AvgIpc) is 3.61. The Bertz CT molecular complexity index is 1070. The van der Waals surface area contributed by atoms with Gasteiger partial charge in [-0.15, -0.1) is 0 Å². The molecule has 0 aliphatic heterocycles. The molecule has 0 aromatic carbocycles. The molecule has 9 heteroatoms. The summed E-state index contributed by atoms with van der Waals surface area (Å²) < 4.78 is 6.79. The zero-order valence-corrected chi connectivity index (χ0v) is 19.0. The van der Waals surface area contributed by atoms with Crippen LogP contribution in [-0.4, -0.2) is 57.3 Å². The van der Waals surface area contributed by atoms with E-state index < -0.39 is 11.5 Å². The number of pyridine rings is 1. The fourth-order valence-corrected chi connectivity index (χ4v) is 5.24. The first kappa shape index (κ1) is 21.8. The molecule has 2 heterocycles. The number of rotatable bonds is 6. The number of fused-ring (bicyclic) bond motifs is 1. The van der Waals surface area contributed by atoms with Gasteiger partial charge in [0.25, 0.3) is 5.56 Å². The Labute approximate surface area is 185 Å². The van der Waals surface area contributed by atoms with Crippen LogP contribution in [-0.2, 0) is 9.53 Å². The highest BCUT2D eigenvalue weighted by atomic mass is 32.2. The van der Waals surface area contributed by atoms with Gasteiger partial charge in [-0.25, -0.2) is 9.78 Å². The molecule has 0 saturated heterocycles. The smallest absolute Gasteiger partial charge is 0.338 e. The van der Waals surface area contributed by atoms with Crippen molar-refractivity contribution in [3.8, 4) is 0 Å². The highest BCUT2D eigenvalue weighted by molar-refractivity contribution is 7.99. The van der Waals surface area contributed by atoms with Crippen LogP contribution in [0, 0.1) is 6.92 Å². The number of methoxy groups -OCH3 is 1. The molecule has 1 amide bonds. The second kappa shape index (κ2) is 8.98. The molecule has 166 valence electrons. The zero-order valence-electron chi connectivity index (χ0n) is 18.2. The molecular weight excluding hydrogens is 416 g/mol. The molecule has 0 N–H and O–H groups in total. The first-order valence-corrected chi connectivity index (χ1v) is 11.8. The van der Waals surface area contributed by atoms with E-state index in [1.165, 1.54) is 25.3 Å². The topological polar surface area (TPSA) is 94.4 Å². The summed E-state index contributed by atoms with van der Waals surface area (Å²) >= 11 is 1.28. The molecule has 2 aliphatic carbocycles. The third kappa shape index (κ3) is 4.46. The number of thioether (sulfide) groups is 1. The van der Waals surface area contributed by atoms with Gasteiger partial charge in [-0.3, -0.25) is 9.59 Å². The number of aryl methyl sites for hydroxylation is 1. The third-order valence-corrected chi connectivity index (χ3v) is 7.07. The summed E-state index contributed by atoms with van der Waals surface area (Å²) in [7, 11) is 3.16. The van der Waals surface area contributed by atoms with Crippen LogP contribution in [0.25, 0.3) is 11.0 Å². The van der Waals surface area contributed by atoms with Gasteiger partial charge in [-0.1, -0.05) is 31.0 Å². The van der Waals surface area contributed by atoms with Gasteiger partial charge in [-0.2, -0.15) is 4.98 Å². The van der Waals surface area contributed by atoms with E-state index >= 15 is 0 Å². The fourth-order valence-electron chi connectivity index (χ4n) is 4.26. The SMILES string of the molecule is COC(=O)c1cc(C)nc2c1c(=O)nc(SCC(=O)N(C)C1CCCCC1)n2C1CC1. The molecule has 4 rings (SSSR count). The van der Waals surface area contributed by atoms with Crippen molar-refractivity contribution in [2.24, 2.45) is 0 Å². The van der Waals surface area contributed by atoms with Gasteiger partial charge in [0.05, 0.1) is 23.8 Å². The number of hydrogen-bond acceptors (Lipinski definition) is 7. The van der Waals surface area contributed by atoms with Gasteiger partial charge in [0.2, 0.25) is 5.91 Å². The number of carbonyl (C=O) groups excluding carboxylic acids is 2. The van der Waals surface area contributed by atoms with Crippen molar-refractivity contribution in [2.75, 3.05) is 19.9 Å². The number of aromatic nitrogens is 3. The minimum atomic E-state index is -0.582. The van der Waals surface area contributed by atoms with E-state index in [9.17, 15) is 14.4 Å². The predicted octanol–water partition coefficient (Wildman–Crippen LogP) is 3.10. The second-order valence-electron chi connectivity index (χ2n) is 8.39. The van der Waals surface area contributed by atoms with Crippen molar-refractivity contribution in [1.82, 2.24) is 19.4 Å². The third-order valence-electron chi connectivity index (χ3n) is 6.13. The first-order valence-electron chi connectivity index (χ1n) is 10.8. The lowest BCUT2D eigenvalue weighted by molar-refractivity contribution is -0.129. The van der Waals surface area contributed by atoms with E-state index in [4.69, 9.17) is 4.74 Å². The maximum atomic E-state index is 12.9.